The molecular weight excluding hydrogens is 264 g/mol. The summed E-state index contributed by atoms with van der Waals surface area (Å²) in [6.45, 7) is 0. The molecule has 19 heavy (non-hydrogen) atoms. The van der Waals surface area contributed by atoms with E-state index in [-0.39, 0.29) is 0 Å². The van der Waals surface area contributed by atoms with Crippen molar-refractivity contribution in [3.05, 3.63) is 53.3 Å². The molecular formula is C12H9ClN6. The van der Waals surface area contributed by atoms with E-state index in [1.54, 1.807) is 22.9 Å². The van der Waals surface area contributed by atoms with Crippen LogP contribution in [0, 0.1) is 0 Å². The third-order valence-corrected chi connectivity index (χ3v) is 2.68. The number of nitrogens with one attached hydrogen (secondary N) is 1. The van der Waals surface area contributed by atoms with Crippen molar-refractivity contribution in [3.63, 3.8) is 0 Å². The van der Waals surface area contributed by atoms with Gasteiger partial charge in [-0.2, -0.15) is 9.62 Å². The highest BCUT2D eigenvalue weighted by atomic mass is 35.5. The van der Waals surface area contributed by atoms with Crippen molar-refractivity contribution in [2.24, 2.45) is 5.10 Å². The van der Waals surface area contributed by atoms with Gasteiger partial charge in [-0.1, -0.05) is 23.7 Å². The molecule has 0 spiro atoms. The molecule has 0 aliphatic heterocycles. The van der Waals surface area contributed by atoms with E-state index in [2.05, 4.69) is 25.8 Å². The normalized spacial score (nSPS) is 11.2. The molecule has 1 N–H and O–H groups in total. The van der Waals surface area contributed by atoms with Gasteiger partial charge in [0.2, 0.25) is 0 Å². The zero-order chi connectivity index (χ0) is 13.1. The van der Waals surface area contributed by atoms with Crippen LogP contribution in [-0.4, -0.2) is 26.0 Å². The Balaban J connectivity index is 1.72. The average Bonchev–Trinajstić information content (AvgIpc) is 2.88. The second-order valence-electron chi connectivity index (χ2n) is 3.77. The summed E-state index contributed by atoms with van der Waals surface area (Å²) in [5.74, 6) is 0.609. The van der Waals surface area contributed by atoms with Crippen LogP contribution in [0.5, 0.6) is 0 Å². The van der Waals surface area contributed by atoms with Crippen molar-refractivity contribution >= 4 is 29.3 Å². The summed E-state index contributed by atoms with van der Waals surface area (Å²) in [7, 11) is 0. The van der Waals surface area contributed by atoms with Crippen LogP contribution in [0.25, 0.3) is 5.65 Å². The van der Waals surface area contributed by atoms with Crippen LogP contribution in [0.15, 0.2) is 47.8 Å². The zero-order valence-electron chi connectivity index (χ0n) is 9.73. The van der Waals surface area contributed by atoms with Gasteiger partial charge in [-0.15, -0.1) is 15.3 Å². The lowest BCUT2D eigenvalue weighted by molar-refractivity contribution is 0.925. The van der Waals surface area contributed by atoms with Gasteiger partial charge in [0.05, 0.1) is 6.21 Å². The third-order valence-electron chi connectivity index (χ3n) is 2.42. The fourth-order valence-corrected chi connectivity index (χ4v) is 1.64. The Morgan fingerprint density at radius 1 is 1.16 bits per heavy atom. The van der Waals surface area contributed by atoms with Gasteiger partial charge in [-0.25, -0.2) is 0 Å². The highest BCUT2D eigenvalue weighted by Gasteiger charge is 1.97. The summed E-state index contributed by atoms with van der Waals surface area (Å²) >= 11 is 5.80. The smallest absolute Gasteiger partial charge is 0.177 e. The molecule has 1 aromatic carbocycles. The van der Waals surface area contributed by atoms with Crippen LogP contribution in [0.4, 0.5) is 5.82 Å². The molecule has 0 amide bonds. The summed E-state index contributed by atoms with van der Waals surface area (Å²) in [6, 6.07) is 11.0. The average molecular weight is 273 g/mol. The van der Waals surface area contributed by atoms with E-state index in [0.717, 1.165) is 5.56 Å². The number of anilines is 1. The third kappa shape index (κ3) is 2.69. The van der Waals surface area contributed by atoms with E-state index >= 15 is 0 Å². The van der Waals surface area contributed by atoms with Gasteiger partial charge in [-0.05, 0) is 29.8 Å². The monoisotopic (exact) mass is 272 g/mol. The molecule has 0 atom stereocenters. The molecule has 0 bridgehead atoms. The van der Waals surface area contributed by atoms with E-state index < -0.39 is 0 Å². The summed E-state index contributed by atoms with van der Waals surface area (Å²) in [4.78, 5) is 0. The molecule has 0 fully saturated rings. The fraction of sp³-hybridized carbons (Fsp3) is 0. The quantitative estimate of drug-likeness (QED) is 0.586. The first-order chi connectivity index (χ1) is 9.31. The van der Waals surface area contributed by atoms with Crippen molar-refractivity contribution in [2.45, 2.75) is 0 Å². The van der Waals surface area contributed by atoms with E-state index in [0.29, 0.717) is 16.5 Å². The highest BCUT2D eigenvalue weighted by molar-refractivity contribution is 6.30. The Bertz CT molecular complexity index is 718. The second kappa shape index (κ2) is 5.03. The first-order valence-corrected chi connectivity index (χ1v) is 5.91. The standard InChI is InChI=1S/C12H9ClN6/c13-10-3-1-9(2-4-10)7-14-16-11-5-6-12-17-15-8-19(12)18-11/h1-8H,(H,16,18)/b14-7+. The molecule has 6 nitrogen and oxygen atoms in total. The summed E-state index contributed by atoms with van der Waals surface area (Å²) in [5.41, 5.74) is 4.47. The maximum atomic E-state index is 5.80. The summed E-state index contributed by atoms with van der Waals surface area (Å²) in [5, 5.41) is 16.6. The molecule has 94 valence electrons. The topological polar surface area (TPSA) is 67.5 Å². The van der Waals surface area contributed by atoms with Crippen molar-refractivity contribution in [1.29, 1.82) is 0 Å². The molecule has 2 aromatic heterocycles. The predicted molar refractivity (Wildman–Crippen MR) is 73.5 cm³/mol. The van der Waals surface area contributed by atoms with E-state index in [4.69, 9.17) is 11.6 Å². The molecule has 0 aliphatic rings. The number of halogens is 1. The van der Waals surface area contributed by atoms with E-state index in [1.165, 1.54) is 6.33 Å². The Labute approximate surface area is 113 Å². The molecule has 7 heteroatoms. The number of hydrogen-bond donors (Lipinski definition) is 1. The number of nitrogens with zero attached hydrogens (tertiary/aromatic N) is 5. The number of rotatable bonds is 3. The van der Waals surface area contributed by atoms with Crippen LogP contribution in [0.1, 0.15) is 5.56 Å². The summed E-state index contributed by atoms with van der Waals surface area (Å²) < 4.78 is 1.57. The van der Waals surface area contributed by atoms with Crippen molar-refractivity contribution < 1.29 is 0 Å². The zero-order valence-corrected chi connectivity index (χ0v) is 10.5. The maximum absolute atomic E-state index is 5.80. The molecule has 0 saturated heterocycles. The predicted octanol–water partition coefficient (Wildman–Crippen LogP) is 2.22. The Hall–Kier alpha value is -2.47. The molecule has 0 unspecified atom stereocenters. The fourth-order valence-electron chi connectivity index (χ4n) is 1.51. The van der Waals surface area contributed by atoms with Crippen LogP contribution in [-0.2, 0) is 0 Å². The van der Waals surface area contributed by atoms with Crippen LogP contribution < -0.4 is 5.43 Å². The van der Waals surface area contributed by atoms with Gasteiger partial charge in [0.25, 0.3) is 0 Å². The lowest BCUT2D eigenvalue weighted by Crippen LogP contribution is -1.98. The van der Waals surface area contributed by atoms with Gasteiger partial charge in [0.1, 0.15) is 6.33 Å². The highest BCUT2D eigenvalue weighted by Crippen LogP contribution is 2.08. The minimum atomic E-state index is 0.609. The van der Waals surface area contributed by atoms with E-state index in [1.807, 2.05) is 24.3 Å². The Kier molecular flexibility index (Phi) is 3.07. The molecule has 0 aliphatic carbocycles. The van der Waals surface area contributed by atoms with Gasteiger partial charge in [0.15, 0.2) is 11.5 Å². The SMILES string of the molecule is Clc1ccc(/C=N/Nc2ccc3nncn3n2)cc1. The molecule has 0 radical (unpaired) electrons. The van der Waals surface area contributed by atoms with Gasteiger partial charge in [0, 0.05) is 5.02 Å². The minimum absolute atomic E-state index is 0.609. The van der Waals surface area contributed by atoms with Crippen molar-refractivity contribution in [1.82, 2.24) is 19.8 Å². The van der Waals surface area contributed by atoms with Crippen molar-refractivity contribution in [3.8, 4) is 0 Å². The lowest BCUT2D eigenvalue weighted by Gasteiger charge is -1.99. The van der Waals surface area contributed by atoms with Crippen molar-refractivity contribution in [2.75, 3.05) is 5.43 Å². The molecule has 3 rings (SSSR count). The van der Waals surface area contributed by atoms with E-state index in [9.17, 15) is 0 Å². The Morgan fingerprint density at radius 2 is 2.00 bits per heavy atom. The Morgan fingerprint density at radius 3 is 2.84 bits per heavy atom. The van der Waals surface area contributed by atoms with Crippen LogP contribution in [0.2, 0.25) is 5.02 Å². The van der Waals surface area contributed by atoms with Gasteiger partial charge in [-0.3, -0.25) is 5.43 Å². The molecule has 0 saturated carbocycles. The maximum Gasteiger partial charge on any atom is 0.177 e. The first kappa shape index (κ1) is 11.6. The minimum Gasteiger partial charge on any atom is -0.260 e. The number of aromatic nitrogens is 4. The summed E-state index contributed by atoms with van der Waals surface area (Å²) in [6.07, 6.45) is 3.22. The first-order valence-electron chi connectivity index (χ1n) is 5.53. The van der Waals surface area contributed by atoms with Gasteiger partial charge >= 0.3 is 0 Å². The van der Waals surface area contributed by atoms with Gasteiger partial charge < -0.3 is 0 Å². The number of hydrazone groups is 1. The molecule has 3 aromatic rings. The largest absolute Gasteiger partial charge is 0.260 e. The molecule has 2 heterocycles. The second-order valence-corrected chi connectivity index (χ2v) is 4.21. The van der Waals surface area contributed by atoms with Crippen LogP contribution in [0.3, 0.4) is 0 Å². The number of hydrogen-bond acceptors (Lipinski definition) is 5. The lowest BCUT2D eigenvalue weighted by atomic mass is 10.2. The number of fused-ring (bicyclic) bond motifs is 1. The van der Waals surface area contributed by atoms with Crippen LogP contribution >= 0.6 is 11.6 Å². The number of benzene rings is 1.